The minimum absolute atomic E-state index is 0.199. The lowest BCUT2D eigenvalue weighted by molar-refractivity contribution is -0.147. The topological polar surface area (TPSA) is 79.5 Å². The molecule has 0 bridgehead atoms. The van der Waals surface area contributed by atoms with Gasteiger partial charge in [0.25, 0.3) is 0 Å². The zero-order valence-electron chi connectivity index (χ0n) is 12.6. The molecule has 2 rings (SSSR count). The molecule has 1 aromatic rings. The molecular formula is C16H21NO4. The molecule has 1 aliphatic rings. The maximum atomic E-state index is 12.4. The fraction of sp³-hybridized carbons (Fsp3) is 0.500. The highest BCUT2D eigenvalue weighted by molar-refractivity contribution is 5.85. The van der Waals surface area contributed by atoms with Gasteiger partial charge in [0.05, 0.1) is 17.9 Å². The zero-order chi connectivity index (χ0) is 15.6. The van der Waals surface area contributed by atoms with Crippen LogP contribution in [-0.4, -0.2) is 17.0 Å². The molecule has 5 nitrogen and oxygen atoms in total. The number of amides is 1. The first-order chi connectivity index (χ1) is 9.90. The van der Waals surface area contributed by atoms with E-state index < -0.39 is 17.8 Å². The van der Waals surface area contributed by atoms with Gasteiger partial charge in [-0.15, -0.1) is 0 Å². The molecule has 0 radical (unpaired) electrons. The third-order valence-corrected chi connectivity index (χ3v) is 3.99. The summed E-state index contributed by atoms with van der Waals surface area (Å²) in [5.41, 5.74) is 0.930. The largest absolute Gasteiger partial charge is 0.481 e. The lowest BCUT2D eigenvalue weighted by Gasteiger charge is -2.26. The smallest absolute Gasteiger partial charge is 0.307 e. The van der Waals surface area contributed by atoms with Gasteiger partial charge in [-0.3, -0.25) is 9.59 Å². The van der Waals surface area contributed by atoms with Crippen LogP contribution in [0.1, 0.15) is 42.9 Å². The van der Waals surface area contributed by atoms with E-state index in [4.69, 9.17) is 4.42 Å². The summed E-state index contributed by atoms with van der Waals surface area (Å²) in [6, 6.07) is 1.70. The molecule has 0 fully saturated rings. The molecule has 2 N–H and O–H groups in total. The number of carboxylic acids is 1. The van der Waals surface area contributed by atoms with Gasteiger partial charge >= 0.3 is 5.97 Å². The van der Waals surface area contributed by atoms with Crippen LogP contribution in [-0.2, 0) is 9.59 Å². The van der Waals surface area contributed by atoms with E-state index in [1.54, 1.807) is 0 Å². The van der Waals surface area contributed by atoms with Gasteiger partial charge in [0.15, 0.2) is 0 Å². The van der Waals surface area contributed by atoms with Gasteiger partial charge in [0.1, 0.15) is 11.5 Å². The van der Waals surface area contributed by atoms with Crippen molar-refractivity contribution in [1.82, 2.24) is 5.32 Å². The van der Waals surface area contributed by atoms with Crippen LogP contribution in [0, 0.1) is 25.7 Å². The summed E-state index contributed by atoms with van der Waals surface area (Å²) >= 11 is 0. The van der Waals surface area contributed by atoms with E-state index >= 15 is 0 Å². The summed E-state index contributed by atoms with van der Waals surface area (Å²) in [4.78, 5) is 23.6. The highest BCUT2D eigenvalue weighted by Gasteiger charge is 2.34. The average Bonchev–Trinajstić information content (AvgIpc) is 2.77. The molecule has 1 aliphatic carbocycles. The highest BCUT2D eigenvalue weighted by atomic mass is 16.4. The van der Waals surface area contributed by atoms with Crippen molar-refractivity contribution in [2.24, 2.45) is 11.8 Å². The molecule has 21 heavy (non-hydrogen) atoms. The summed E-state index contributed by atoms with van der Waals surface area (Å²) in [5.74, 6) is -0.705. The third-order valence-electron chi connectivity index (χ3n) is 3.99. The molecule has 0 saturated carbocycles. The maximum Gasteiger partial charge on any atom is 0.307 e. The van der Waals surface area contributed by atoms with E-state index in [-0.39, 0.29) is 11.9 Å². The van der Waals surface area contributed by atoms with Crippen LogP contribution in [0.15, 0.2) is 22.6 Å². The molecular weight excluding hydrogens is 270 g/mol. The number of hydrogen-bond acceptors (Lipinski definition) is 3. The van der Waals surface area contributed by atoms with Gasteiger partial charge < -0.3 is 14.8 Å². The number of allylic oxidation sites excluding steroid dienone is 2. The molecule has 5 heteroatoms. The predicted molar refractivity (Wildman–Crippen MR) is 77.7 cm³/mol. The first-order valence-corrected chi connectivity index (χ1v) is 7.15. The Hall–Kier alpha value is -2.04. The monoisotopic (exact) mass is 291 g/mol. The quantitative estimate of drug-likeness (QED) is 0.836. The Morgan fingerprint density at radius 2 is 1.90 bits per heavy atom. The second-order valence-corrected chi connectivity index (χ2v) is 5.59. The van der Waals surface area contributed by atoms with Crippen molar-refractivity contribution >= 4 is 11.9 Å². The van der Waals surface area contributed by atoms with Crippen LogP contribution >= 0.6 is 0 Å². The molecule has 1 heterocycles. The van der Waals surface area contributed by atoms with Crippen molar-refractivity contribution in [1.29, 1.82) is 0 Å². The van der Waals surface area contributed by atoms with Gasteiger partial charge in [-0.1, -0.05) is 12.2 Å². The number of carbonyl (C=O) groups excluding carboxylic acids is 1. The first kappa shape index (κ1) is 15.4. The van der Waals surface area contributed by atoms with Crippen LogP contribution in [0.4, 0.5) is 0 Å². The molecule has 0 spiro atoms. The van der Waals surface area contributed by atoms with Gasteiger partial charge in [-0.25, -0.2) is 0 Å². The second kappa shape index (κ2) is 6.16. The number of carboxylic acid groups (broad SMARTS) is 1. The number of rotatable bonds is 4. The molecule has 1 amide bonds. The zero-order valence-corrected chi connectivity index (χ0v) is 12.6. The summed E-state index contributed by atoms with van der Waals surface area (Å²) in [6.45, 7) is 5.59. The van der Waals surface area contributed by atoms with Crippen LogP contribution in [0.25, 0.3) is 0 Å². The lowest BCUT2D eigenvalue weighted by Crippen LogP contribution is -2.39. The number of aliphatic carboxylic acids is 1. The minimum atomic E-state index is -0.914. The Morgan fingerprint density at radius 3 is 2.43 bits per heavy atom. The lowest BCUT2D eigenvalue weighted by atomic mass is 9.82. The van der Waals surface area contributed by atoms with E-state index in [9.17, 15) is 14.7 Å². The van der Waals surface area contributed by atoms with Crippen LogP contribution in [0.3, 0.4) is 0 Å². The van der Waals surface area contributed by atoms with Crippen LogP contribution in [0.2, 0.25) is 0 Å². The Kier molecular flexibility index (Phi) is 4.50. The van der Waals surface area contributed by atoms with Gasteiger partial charge in [-0.2, -0.15) is 0 Å². The number of furan rings is 1. The molecule has 0 aromatic carbocycles. The Morgan fingerprint density at radius 1 is 1.29 bits per heavy atom. The standard InChI is InChI=1S/C16H21NO4/c1-9-8-14(11(3)21-9)10(2)17-15(18)12-6-4-5-7-13(12)16(19)20/h4-5,8,10,12-13H,6-7H2,1-3H3,(H,17,18)(H,19,20). The van der Waals surface area contributed by atoms with E-state index in [2.05, 4.69) is 5.32 Å². The van der Waals surface area contributed by atoms with E-state index in [1.165, 1.54) is 0 Å². The molecule has 114 valence electrons. The fourth-order valence-corrected chi connectivity index (χ4v) is 2.86. The fourth-order valence-electron chi connectivity index (χ4n) is 2.86. The number of nitrogens with one attached hydrogen (secondary N) is 1. The van der Waals surface area contributed by atoms with Crippen LogP contribution < -0.4 is 5.32 Å². The van der Waals surface area contributed by atoms with Gasteiger partial charge in [-0.05, 0) is 39.7 Å². The SMILES string of the molecule is Cc1cc(C(C)NC(=O)C2CC=CCC2C(=O)O)c(C)o1. The van der Waals surface area contributed by atoms with E-state index in [0.717, 1.165) is 17.1 Å². The van der Waals surface area contributed by atoms with Crippen molar-refractivity contribution in [2.45, 2.75) is 39.7 Å². The number of aryl methyl sites for hydroxylation is 2. The van der Waals surface area contributed by atoms with Crippen molar-refractivity contribution in [3.63, 3.8) is 0 Å². The van der Waals surface area contributed by atoms with Gasteiger partial charge in [0.2, 0.25) is 5.91 Å². The minimum Gasteiger partial charge on any atom is -0.481 e. The normalized spacial score (nSPS) is 22.8. The molecule has 0 saturated heterocycles. The van der Waals surface area contributed by atoms with Crippen molar-refractivity contribution in [3.05, 3.63) is 35.3 Å². The molecule has 3 unspecified atom stereocenters. The highest BCUT2D eigenvalue weighted by Crippen LogP contribution is 2.28. The molecule has 0 aliphatic heterocycles. The summed E-state index contributed by atoms with van der Waals surface area (Å²) < 4.78 is 5.47. The number of carbonyl (C=O) groups is 2. The molecule has 1 aromatic heterocycles. The van der Waals surface area contributed by atoms with Crippen LogP contribution in [0.5, 0.6) is 0 Å². The van der Waals surface area contributed by atoms with Crippen molar-refractivity contribution in [3.8, 4) is 0 Å². The summed E-state index contributed by atoms with van der Waals surface area (Å²) in [7, 11) is 0. The van der Waals surface area contributed by atoms with E-state index in [0.29, 0.717) is 12.8 Å². The second-order valence-electron chi connectivity index (χ2n) is 5.59. The van der Waals surface area contributed by atoms with Crippen molar-refractivity contribution < 1.29 is 19.1 Å². The molecule has 3 atom stereocenters. The number of hydrogen-bond donors (Lipinski definition) is 2. The Balaban J connectivity index is 2.08. The van der Waals surface area contributed by atoms with Gasteiger partial charge in [0, 0.05) is 5.56 Å². The van der Waals surface area contributed by atoms with Crippen molar-refractivity contribution in [2.75, 3.05) is 0 Å². The first-order valence-electron chi connectivity index (χ1n) is 7.15. The average molecular weight is 291 g/mol. The third kappa shape index (κ3) is 3.35. The predicted octanol–water partition coefficient (Wildman–Crippen LogP) is 2.74. The summed E-state index contributed by atoms with van der Waals surface area (Å²) in [5, 5.41) is 12.1. The summed E-state index contributed by atoms with van der Waals surface area (Å²) in [6.07, 6.45) is 4.59. The Bertz CT molecular complexity index is 573. The van der Waals surface area contributed by atoms with E-state index in [1.807, 2.05) is 39.0 Å². The Labute approximate surface area is 124 Å². The maximum absolute atomic E-state index is 12.4.